The van der Waals surface area contributed by atoms with Crippen LogP contribution in [0.5, 0.6) is 0 Å². The molecule has 0 saturated carbocycles. The summed E-state index contributed by atoms with van der Waals surface area (Å²) in [6.07, 6.45) is 0.439. The van der Waals surface area contributed by atoms with Crippen molar-refractivity contribution < 1.29 is 14.4 Å². The highest BCUT2D eigenvalue weighted by Crippen LogP contribution is 2.26. The first-order valence-corrected chi connectivity index (χ1v) is 10.1. The molecular formula is C24H28N2O3. The number of carbonyl (C=O) groups is 3. The van der Waals surface area contributed by atoms with Gasteiger partial charge in [-0.2, -0.15) is 0 Å². The van der Waals surface area contributed by atoms with E-state index in [0.717, 1.165) is 5.56 Å². The maximum Gasteiger partial charge on any atom is 0.251 e. The van der Waals surface area contributed by atoms with Crippen molar-refractivity contribution in [3.63, 3.8) is 0 Å². The molecule has 5 nitrogen and oxygen atoms in total. The summed E-state index contributed by atoms with van der Waals surface area (Å²) in [7, 11) is 0. The van der Waals surface area contributed by atoms with Crippen LogP contribution in [0.3, 0.4) is 0 Å². The number of hydrogen-bond acceptors (Lipinski definition) is 3. The Morgan fingerprint density at radius 1 is 0.897 bits per heavy atom. The molecule has 1 aliphatic rings. The molecular weight excluding hydrogens is 364 g/mol. The van der Waals surface area contributed by atoms with Gasteiger partial charge < -0.3 is 5.32 Å². The van der Waals surface area contributed by atoms with Crippen LogP contribution in [0.2, 0.25) is 0 Å². The molecule has 0 aromatic heterocycles. The molecule has 0 bridgehead atoms. The van der Waals surface area contributed by atoms with E-state index in [9.17, 15) is 14.4 Å². The minimum absolute atomic E-state index is 0.137. The lowest BCUT2D eigenvalue weighted by Crippen LogP contribution is -2.32. The Balaban J connectivity index is 1.81. The van der Waals surface area contributed by atoms with Crippen LogP contribution in [-0.4, -0.2) is 17.7 Å². The Kier molecular flexibility index (Phi) is 6.16. The molecule has 5 heteroatoms. The fourth-order valence-electron chi connectivity index (χ4n) is 3.60. The van der Waals surface area contributed by atoms with E-state index in [4.69, 9.17) is 0 Å². The second-order valence-corrected chi connectivity index (χ2v) is 8.19. The zero-order valence-corrected chi connectivity index (χ0v) is 17.4. The lowest BCUT2D eigenvalue weighted by molar-refractivity contribution is -0.121. The maximum absolute atomic E-state index is 12.9. The lowest BCUT2D eigenvalue weighted by Gasteiger charge is -2.24. The van der Waals surface area contributed by atoms with Gasteiger partial charge in [0.2, 0.25) is 11.8 Å². The predicted molar refractivity (Wildman–Crippen MR) is 114 cm³/mol. The normalized spacial score (nSPS) is 15.3. The van der Waals surface area contributed by atoms with Crippen LogP contribution in [0.4, 0.5) is 5.69 Å². The van der Waals surface area contributed by atoms with Crippen LogP contribution < -0.4 is 10.2 Å². The van der Waals surface area contributed by atoms with Crippen LogP contribution in [0.15, 0.2) is 48.5 Å². The van der Waals surface area contributed by atoms with Crippen LogP contribution in [-0.2, 0) is 9.59 Å². The number of anilines is 1. The van der Waals surface area contributed by atoms with Gasteiger partial charge in [0.25, 0.3) is 5.91 Å². The Morgan fingerprint density at radius 3 is 2.03 bits per heavy atom. The molecule has 1 heterocycles. The van der Waals surface area contributed by atoms with Gasteiger partial charge >= 0.3 is 0 Å². The summed E-state index contributed by atoms with van der Waals surface area (Å²) in [6.45, 7) is 8.44. The molecule has 2 aromatic carbocycles. The molecule has 152 valence electrons. The monoisotopic (exact) mass is 392 g/mol. The summed E-state index contributed by atoms with van der Waals surface area (Å²) in [6, 6.07) is 14.9. The van der Waals surface area contributed by atoms with E-state index in [1.54, 1.807) is 24.3 Å². The predicted octanol–water partition coefficient (Wildman–Crippen LogP) is 4.59. The quantitative estimate of drug-likeness (QED) is 0.731. The largest absolute Gasteiger partial charge is 0.345 e. The van der Waals surface area contributed by atoms with E-state index in [2.05, 4.69) is 57.3 Å². The summed E-state index contributed by atoms with van der Waals surface area (Å²) in [5.41, 5.74) is 3.20. The standard InChI is InChI=1S/C24H28N2O3/c1-15(2)17-8-10-18(11-9-17)23(16(3)4)25-24(29)19-6-5-7-20(14-19)26-21(27)12-13-22(26)28/h5-11,14-16,23H,12-13H2,1-4H3,(H,25,29). The maximum atomic E-state index is 12.9. The van der Waals surface area contributed by atoms with Crippen molar-refractivity contribution in [2.45, 2.75) is 52.5 Å². The number of rotatable bonds is 6. The number of imide groups is 1. The van der Waals surface area contributed by atoms with Gasteiger partial charge in [0.1, 0.15) is 0 Å². The third-order valence-corrected chi connectivity index (χ3v) is 5.33. The Morgan fingerprint density at radius 2 is 1.48 bits per heavy atom. The fraction of sp³-hybridized carbons (Fsp3) is 0.375. The molecule has 0 radical (unpaired) electrons. The van der Waals surface area contributed by atoms with Crippen molar-refractivity contribution in [3.05, 3.63) is 65.2 Å². The minimum atomic E-state index is -0.224. The summed E-state index contributed by atoms with van der Waals surface area (Å²) >= 11 is 0. The first-order valence-electron chi connectivity index (χ1n) is 10.1. The third-order valence-electron chi connectivity index (χ3n) is 5.33. The van der Waals surface area contributed by atoms with Gasteiger partial charge in [-0.1, -0.05) is 58.0 Å². The summed E-state index contributed by atoms with van der Waals surface area (Å²) < 4.78 is 0. The van der Waals surface area contributed by atoms with Crippen molar-refractivity contribution in [1.29, 1.82) is 0 Å². The second kappa shape index (κ2) is 8.60. The number of carbonyl (C=O) groups excluding carboxylic acids is 3. The highest BCUT2D eigenvalue weighted by atomic mass is 16.2. The molecule has 1 fully saturated rings. The SMILES string of the molecule is CC(C)c1ccc(C(NC(=O)c2cccc(N3C(=O)CCC3=O)c2)C(C)C)cc1. The number of benzene rings is 2. The van der Waals surface area contributed by atoms with E-state index in [1.807, 2.05) is 0 Å². The number of nitrogens with zero attached hydrogens (tertiary/aromatic N) is 1. The highest BCUT2D eigenvalue weighted by molar-refractivity contribution is 6.20. The van der Waals surface area contributed by atoms with Crippen molar-refractivity contribution in [1.82, 2.24) is 5.32 Å². The van der Waals surface area contributed by atoms with Crippen molar-refractivity contribution in [3.8, 4) is 0 Å². The summed E-state index contributed by atoms with van der Waals surface area (Å²) in [5.74, 6) is -0.0167. The zero-order valence-electron chi connectivity index (χ0n) is 17.4. The lowest BCUT2D eigenvalue weighted by atomic mass is 9.93. The molecule has 1 aliphatic heterocycles. The van der Waals surface area contributed by atoms with E-state index < -0.39 is 0 Å². The number of amides is 3. The molecule has 0 spiro atoms. The fourth-order valence-corrected chi connectivity index (χ4v) is 3.60. The van der Waals surface area contributed by atoms with Gasteiger partial charge in [-0.25, -0.2) is 0 Å². The molecule has 0 aliphatic carbocycles. The summed E-state index contributed by atoms with van der Waals surface area (Å²) in [5, 5.41) is 3.11. The Bertz CT molecular complexity index is 900. The van der Waals surface area contributed by atoms with E-state index in [1.165, 1.54) is 10.5 Å². The van der Waals surface area contributed by atoms with Gasteiger partial charge in [-0.3, -0.25) is 19.3 Å². The van der Waals surface area contributed by atoms with Gasteiger partial charge in [0.05, 0.1) is 11.7 Å². The molecule has 2 aromatic rings. The average molecular weight is 392 g/mol. The van der Waals surface area contributed by atoms with Gasteiger partial charge in [-0.05, 0) is 41.2 Å². The van der Waals surface area contributed by atoms with Crippen LogP contribution in [0.25, 0.3) is 0 Å². The van der Waals surface area contributed by atoms with E-state index in [0.29, 0.717) is 17.2 Å². The topological polar surface area (TPSA) is 66.5 Å². The Labute approximate surface area is 172 Å². The first-order chi connectivity index (χ1) is 13.8. The molecule has 1 saturated heterocycles. The van der Waals surface area contributed by atoms with Crippen LogP contribution >= 0.6 is 0 Å². The van der Waals surface area contributed by atoms with Crippen molar-refractivity contribution in [2.24, 2.45) is 5.92 Å². The van der Waals surface area contributed by atoms with Crippen LogP contribution in [0.1, 0.15) is 74.0 Å². The molecule has 3 amide bonds. The molecule has 1 unspecified atom stereocenters. The number of nitrogens with one attached hydrogen (secondary N) is 1. The van der Waals surface area contributed by atoms with Gasteiger partial charge in [0.15, 0.2) is 0 Å². The minimum Gasteiger partial charge on any atom is -0.345 e. The second-order valence-electron chi connectivity index (χ2n) is 8.19. The van der Waals surface area contributed by atoms with E-state index in [-0.39, 0.29) is 42.5 Å². The number of hydrogen-bond donors (Lipinski definition) is 1. The first kappa shape index (κ1) is 20.8. The Hall–Kier alpha value is -2.95. The van der Waals surface area contributed by atoms with Crippen molar-refractivity contribution >= 4 is 23.4 Å². The smallest absolute Gasteiger partial charge is 0.251 e. The van der Waals surface area contributed by atoms with Gasteiger partial charge in [-0.15, -0.1) is 0 Å². The average Bonchev–Trinajstić information content (AvgIpc) is 3.04. The summed E-state index contributed by atoms with van der Waals surface area (Å²) in [4.78, 5) is 38.1. The van der Waals surface area contributed by atoms with Gasteiger partial charge in [0, 0.05) is 18.4 Å². The highest BCUT2D eigenvalue weighted by Gasteiger charge is 2.30. The van der Waals surface area contributed by atoms with Crippen LogP contribution in [0, 0.1) is 5.92 Å². The molecule has 3 rings (SSSR count). The van der Waals surface area contributed by atoms with E-state index >= 15 is 0 Å². The van der Waals surface area contributed by atoms with Crippen molar-refractivity contribution in [2.75, 3.05) is 4.90 Å². The molecule has 1 N–H and O–H groups in total. The molecule has 29 heavy (non-hydrogen) atoms. The zero-order chi connectivity index (χ0) is 21.1. The molecule has 1 atom stereocenters. The third kappa shape index (κ3) is 4.56.